The molecule has 27 heavy (non-hydrogen) atoms. The Bertz CT molecular complexity index is 950. The van der Waals surface area contributed by atoms with Crippen molar-refractivity contribution in [2.24, 2.45) is 0 Å². The van der Waals surface area contributed by atoms with E-state index in [2.05, 4.69) is 136 Å². The predicted molar refractivity (Wildman–Crippen MR) is 124 cm³/mol. The molecule has 0 aliphatic heterocycles. The van der Waals surface area contributed by atoms with Gasteiger partial charge in [-0.25, -0.2) is 0 Å². The molecule has 0 bridgehead atoms. The van der Waals surface area contributed by atoms with Crippen LogP contribution in [0.25, 0.3) is 0 Å². The molecular weight excluding hydrogens is 429 g/mol. The number of hydrogen-bond acceptors (Lipinski definition) is 0. The zero-order chi connectivity index (χ0) is 18.5. The molecule has 0 aliphatic carbocycles. The molecule has 0 fully saturated rings. The third-order valence-corrected chi connectivity index (χ3v) is 18.8. The van der Waals surface area contributed by atoms with Gasteiger partial charge in [0.15, 0.2) is 0 Å². The average molecular weight is 449 g/mol. The summed E-state index contributed by atoms with van der Waals surface area (Å²) in [6.07, 6.45) is 0. The van der Waals surface area contributed by atoms with Crippen LogP contribution in [0.1, 0.15) is 0 Å². The van der Waals surface area contributed by atoms with Crippen molar-refractivity contribution in [1.82, 2.24) is 0 Å². The Morgan fingerprint density at radius 1 is 0.444 bits per heavy atom. The Morgan fingerprint density at radius 2 is 0.741 bits per heavy atom. The first kappa shape index (κ1) is 18.6. The van der Waals surface area contributed by atoms with Gasteiger partial charge in [0.25, 0.3) is 0 Å². The molecule has 4 aromatic rings. The van der Waals surface area contributed by atoms with Gasteiger partial charge in [0, 0.05) is 0 Å². The Kier molecular flexibility index (Phi) is 5.87. The third kappa shape index (κ3) is 3.80. The fourth-order valence-electron chi connectivity index (χ4n) is 3.25. The van der Waals surface area contributed by atoms with Crippen molar-refractivity contribution in [2.45, 2.75) is 0 Å². The molecule has 0 heterocycles. The summed E-state index contributed by atoms with van der Waals surface area (Å²) in [4.78, 5) is 0. The van der Waals surface area contributed by atoms with Crippen LogP contribution in [0, 0.1) is 0 Å². The fourth-order valence-corrected chi connectivity index (χ4v) is 17.1. The van der Waals surface area contributed by atoms with Gasteiger partial charge in [0.2, 0.25) is 0 Å². The number of hydrogen-bond donors (Lipinski definition) is 0. The minimum absolute atomic E-state index is 0.593. The normalized spacial score (nSPS) is 11.4. The standard InChI is InChI=1S/C24H20P2Se/c27-26(23-17-9-3-10-18-23,24-19-11-4-12-20-24)25(21-13-5-1-6-14-21)22-15-7-2-8-16-22/h1-20H. The van der Waals surface area contributed by atoms with Crippen LogP contribution in [0.5, 0.6) is 0 Å². The summed E-state index contributed by atoms with van der Waals surface area (Å²) in [5, 5.41) is 3.87. The second kappa shape index (κ2) is 8.52. The van der Waals surface area contributed by atoms with Gasteiger partial charge in [0.1, 0.15) is 0 Å². The van der Waals surface area contributed by atoms with Crippen LogP contribution in [-0.2, 0) is 0 Å². The predicted octanol–water partition coefficient (Wildman–Crippen LogP) is 4.79. The number of benzene rings is 4. The summed E-state index contributed by atoms with van der Waals surface area (Å²) in [6, 6.07) is 44.0. The van der Waals surface area contributed by atoms with E-state index in [1.807, 2.05) is 0 Å². The van der Waals surface area contributed by atoms with E-state index >= 15 is 0 Å². The van der Waals surface area contributed by atoms with Gasteiger partial charge in [0.05, 0.1) is 0 Å². The van der Waals surface area contributed by atoms with Crippen LogP contribution in [0.2, 0.25) is 0 Å². The molecule has 0 aliphatic rings. The summed E-state index contributed by atoms with van der Waals surface area (Å²) in [7, 11) is -0.593. The van der Waals surface area contributed by atoms with E-state index in [0.717, 1.165) is 0 Å². The van der Waals surface area contributed by atoms with E-state index in [0.29, 0.717) is 0 Å². The molecule has 0 saturated carbocycles. The van der Waals surface area contributed by atoms with E-state index in [9.17, 15) is 0 Å². The summed E-state index contributed by atoms with van der Waals surface area (Å²) >= 11 is 3.76. The number of rotatable bonds is 5. The first-order chi connectivity index (χ1) is 13.3. The van der Waals surface area contributed by atoms with Gasteiger partial charge < -0.3 is 0 Å². The summed E-state index contributed by atoms with van der Waals surface area (Å²) in [5.41, 5.74) is 0. The molecule has 3 heteroatoms. The molecule has 0 nitrogen and oxygen atoms in total. The van der Waals surface area contributed by atoms with Crippen LogP contribution in [0.4, 0.5) is 0 Å². The fraction of sp³-hybridized carbons (Fsp3) is 0. The monoisotopic (exact) mass is 450 g/mol. The van der Waals surface area contributed by atoms with Crippen LogP contribution in [0.3, 0.4) is 0 Å². The molecule has 0 amide bonds. The molecule has 4 rings (SSSR count). The van der Waals surface area contributed by atoms with E-state index in [-0.39, 0.29) is 0 Å². The molecule has 0 radical (unpaired) electrons. The first-order valence-electron chi connectivity index (χ1n) is 8.92. The van der Waals surface area contributed by atoms with Crippen LogP contribution in [0.15, 0.2) is 121 Å². The van der Waals surface area contributed by atoms with Crippen molar-refractivity contribution < 1.29 is 0 Å². The summed E-state index contributed by atoms with van der Waals surface area (Å²) < 4.78 is 0. The Hall–Kier alpha value is -1.74. The quantitative estimate of drug-likeness (QED) is 0.304. The topological polar surface area (TPSA) is 0 Å². The second-order valence-corrected chi connectivity index (χ2v) is 18.3. The molecule has 0 unspecified atom stereocenters. The van der Waals surface area contributed by atoms with Crippen LogP contribution >= 0.6 is 12.8 Å². The molecule has 0 atom stereocenters. The maximum atomic E-state index is 3.76. The third-order valence-electron chi connectivity index (χ3n) is 4.50. The van der Waals surface area contributed by atoms with Crippen molar-refractivity contribution in [2.75, 3.05) is 0 Å². The van der Waals surface area contributed by atoms with Crippen LogP contribution in [-0.4, -0.2) is 15.1 Å². The van der Waals surface area contributed by atoms with Gasteiger partial charge >= 0.3 is 170 Å². The van der Waals surface area contributed by atoms with Gasteiger partial charge in [-0.05, 0) is 0 Å². The van der Waals surface area contributed by atoms with Crippen molar-refractivity contribution in [3.63, 3.8) is 0 Å². The zero-order valence-electron chi connectivity index (χ0n) is 14.8. The van der Waals surface area contributed by atoms with Crippen molar-refractivity contribution in [3.8, 4) is 0 Å². The van der Waals surface area contributed by atoms with E-state index in [1.165, 1.54) is 21.2 Å². The Morgan fingerprint density at radius 3 is 1.07 bits per heavy atom. The maximum absolute atomic E-state index is 3.76. The van der Waals surface area contributed by atoms with Gasteiger partial charge in [-0.15, -0.1) is 0 Å². The van der Waals surface area contributed by atoms with E-state index in [4.69, 9.17) is 0 Å². The zero-order valence-corrected chi connectivity index (χ0v) is 18.4. The van der Waals surface area contributed by atoms with Crippen molar-refractivity contribution >= 4 is 49.1 Å². The average Bonchev–Trinajstić information content (AvgIpc) is 2.76. The molecule has 0 spiro atoms. The molecular formula is C24H20P2Se. The van der Waals surface area contributed by atoms with Gasteiger partial charge in [-0.1, -0.05) is 0 Å². The summed E-state index contributed by atoms with van der Waals surface area (Å²) in [6.45, 7) is 0. The molecule has 132 valence electrons. The van der Waals surface area contributed by atoms with Crippen molar-refractivity contribution in [3.05, 3.63) is 121 Å². The van der Waals surface area contributed by atoms with Crippen molar-refractivity contribution in [1.29, 1.82) is 0 Å². The first-order valence-corrected chi connectivity index (χ1v) is 15.0. The minimum atomic E-state index is -1.79. The SMILES string of the molecule is [Se]=P(c1ccccc1)(c1ccccc1)P(c1ccccc1)c1ccccc1. The van der Waals surface area contributed by atoms with Gasteiger partial charge in [-0.2, -0.15) is 0 Å². The van der Waals surface area contributed by atoms with E-state index in [1.54, 1.807) is 0 Å². The Balaban J connectivity index is 2.03. The second-order valence-electron chi connectivity index (χ2n) is 6.23. The van der Waals surface area contributed by atoms with E-state index < -0.39 is 12.8 Å². The van der Waals surface area contributed by atoms with Gasteiger partial charge in [-0.3, -0.25) is 0 Å². The molecule has 0 aromatic heterocycles. The van der Waals surface area contributed by atoms with Crippen LogP contribution < -0.4 is 21.2 Å². The molecule has 0 saturated heterocycles. The molecule has 0 N–H and O–H groups in total. The summed E-state index contributed by atoms with van der Waals surface area (Å²) in [5.74, 6) is 0. The molecule has 4 aromatic carbocycles. The Labute approximate surface area is 170 Å².